The Morgan fingerprint density at radius 1 is 0.339 bits per heavy atom. The van der Waals surface area contributed by atoms with Crippen molar-refractivity contribution in [3.8, 4) is 78.5 Å². The van der Waals surface area contributed by atoms with E-state index in [2.05, 4.69) is 149 Å². The number of furan rings is 1. The van der Waals surface area contributed by atoms with Crippen LogP contribution in [-0.2, 0) is 0 Å². The lowest BCUT2D eigenvalue weighted by Gasteiger charge is -2.13. The van der Waals surface area contributed by atoms with Crippen molar-refractivity contribution >= 4 is 32.8 Å². The predicted molar refractivity (Wildman–Crippen MR) is 240 cm³/mol. The fourth-order valence-electron chi connectivity index (χ4n) is 8.15. The van der Waals surface area contributed by atoms with Crippen LogP contribution in [0.5, 0.6) is 0 Å². The smallest absolute Gasteiger partial charge is 0.162 e. The van der Waals surface area contributed by atoms with Crippen molar-refractivity contribution in [1.82, 2.24) is 19.9 Å². The average molecular weight is 755 g/mol. The molecule has 0 N–H and O–H groups in total. The van der Waals surface area contributed by atoms with Gasteiger partial charge in [0.2, 0.25) is 0 Å². The van der Waals surface area contributed by atoms with Gasteiger partial charge in [-0.25, -0.2) is 9.97 Å². The maximum absolute atomic E-state index is 6.75. The minimum absolute atomic E-state index is 0.777. The zero-order chi connectivity index (χ0) is 39.1. The molecule has 0 atom stereocenters. The molecule has 11 rings (SSSR count). The number of hydrogen-bond acceptors (Lipinski definition) is 5. The fourth-order valence-corrected chi connectivity index (χ4v) is 8.15. The summed E-state index contributed by atoms with van der Waals surface area (Å²) in [5.41, 5.74) is 16.4. The van der Waals surface area contributed by atoms with Crippen molar-refractivity contribution in [1.29, 1.82) is 0 Å². The van der Waals surface area contributed by atoms with Crippen molar-refractivity contribution in [3.05, 3.63) is 207 Å². The van der Waals surface area contributed by atoms with Crippen LogP contribution in [0.2, 0.25) is 0 Å². The van der Waals surface area contributed by atoms with Gasteiger partial charge in [0, 0.05) is 34.1 Å². The van der Waals surface area contributed by atoms with Crippen LogP contribution in [0.15, 0.2) is 211 Å². The van der Waals surface area contributed by atoms with Crippen LogP contribution in [0, 0.1) is 0 Å². The number of fused-ring (bicyclic) bond motifs is 5. The topological polar surface area (TPSA) is 64.7 Å². The lowest BCUT2D eigenvalue weighted by molar-refractivity contribution is 0.669. The Morgan fingerprint density at radius 3 is 1.59 bits per heavy atom. The molecule has 0 spiro atoms. The van der Waals surface area contributed by atoms with Gasteiger partial charge in [0.25, 0.3) is 0 Å². The van der Waals surface area contributed by atoms with E-state index < -0.39 is 0 Å². The molecule has 0 fully saturated rings. The molecule has 0 saturated heterocycles. The summed E-state index contributed by atoms with van der Waals surface area (Å²) in [7, 11) is 0. The van der Waals surface area contributed by atoms with E-state index in [-0.39, 0.29) is 0 Å². The van der Waals surface area contributed by atoms with Gasteiger partial charge in [-0.1, -0.05) is 133 Å². The molecule has 0 aliphatic carbocycles. The van der Waals surface area contributed by atoms with Crippen LogP contribution in [0.1, 0.15) is 0 Å². The van der Waals surface area contributed by atoms with Gasteiger partial charge in [0.15, 0.2) is 5.58 Å². The van der Waals surface area contributed by atoms with E-state index in [4.69, 9.17) is 14.4 Å². The summed E-state index contributed by atoms with van der Waals surface area (Å²) in [6.07, 6.45) is 3.59. The van der Waals surface area contributed by atoms with Crippen molar-refractivity contribution in [2.45, 2.75) is 0 Å². The molecule has 5 aromatic heterocycles. The fraction of sp³-hybridized carbons (Fsp3) is 0. The lowest BCUT2D eigenvalue weighted by Crippen LogP contribution is -1.94. The summed E-state index contributed by atoms with van der Waals surface area (Å²) in [5.74, 6) is 0. The molecule has 5 nitrogen and oxygen atoms in total. The second-order valence-electron chi connectivity index (χ2n) is 14.6. The summed E-state index contributed by atoms with van der Waals surface area (Å²) in [5, 5.41) is 3.22. The predicted octanol–water partition coefficient (Wildman–Crippen LogP) is 14.0. The van der Waals surface area contributed by atoms with Gasteiger partial charge < -0.3 is 4.42 Å². The molecule has 0 aliphatic rings. The normalized spacial score (nSPS) is 11.4. The standard InChI is InChI=1S/C54H34N4O/c1-2-13-35(14-3-1)36-25-27-37(28-26-36)43-20-12-23-47-51(43)52-44-19-4-5-24-50(44)59-54(52)53(58-47)41-18-11-16-39(32-41)38-15-10-17-40(31-38)42-33-48(45-21-6-8-29-55-45)57-49(34-42)46-22-7-9-30-56-46/h1-34H. The zero-order valence-corrected chi connectivity index (χ0v) is 31.8. The molecule has 11 aromatic rings. The maximum atomic E-state index is 6.75. The summed E-state index contributed by atoms with van der Waals surface area (Å²) in [6.45, 7) is 0. The van der Waals surface area contributed by atoms with Gasteiger partial charge in [-0.15, -0.1) is 0 Å². The van der Waals surface area contributed by atoms with Crippen LogP contribution in [0.3, 0.4) is 0 Å². The quantitative estimate of drug-likeness (QED) is 0.162. The molecule has 0 aliphatic heterocycles. The maximum Gasteiger partial charge on any atom is 0.162 e. The molecule has 0 radical (unpaired) electrons. The number of nitrogens with zero attached hydrogens (tertiary/aromatic N) is 4. The van der Waals surface area contributed by atoms with E-state index >= 15 is 0 Å². The second kappa shape index (κ2) is 14.5. The highest BCUT2D eigenvalue weighted by molar-refractivity contribution is 6.24. The largest absolute Gasteiger partial charge is 0.454 e. The highest BCUT2D eigenvalue weighted by Crippen LogP contribution is 2.43. The SMILES string of the molecule is c1ccc(-c2ccc(-c3cccc4nc(-c5cccc(-c6cccc(-c7cc(-c8ccccn8)nc(-c8ccccn8)c7)c6)c5)c5oc6ccccc6c5c34)cc2)cc1. The molecule has 0 unspecified atom stereocenters. The Labute approximate surface area is 341 Å². The van der Waals surface area contributed by atoms with Crippen molar-refractivity contribution in [3.63, 3.8) is 0 Å². The number of pyridine rings is 4. The van der Waals surface area contributed by atoms with Crippen LogP contribution < -0.4 is 0 Å². The first-order valence-corrected chi connectivity index (χ1v) is 19.7. The Hall–Kier alpha value is -8.02. The van der Waals surface area contributed by atoms with Gasteiger partial charge in [-0.2, -0.15) is 0 Å². The van der Waals surface area contributed by atoms with Crippen molar-refractivity contribution < 1.29 is 4.42 Å². The molecule has 0 bridgehead atoms. The molecule has 0 amide bonds. The van der Waals surface area contributed by atoms with Crippen LogP contribution in [0.25, 0.3) is 111 Å². The van der Waals surface area contributed by atoms with Crippen LogP contribution in [0.4, 0.5) is 0 Å². The zero-order valence-electron chi connectivity index (χ0n) is 31.8. The highest BCUT2D eigenvalue weighted by Gasteiger charge is 2.21. The van der Waals surface area contributed by atoms with Gasteiger partial charge >= 0.3 is 0 Å². The average Bonchev–Trinajstić information content (AvgIpc) is 3.72. The minimum Gasteiger partial charge on any atom is -0.454 e. The van der Waals surface area contributed by atoms with Crippen molar-refractivity contribution in [2.75, 3.05) is 0 Å². The summed E-state index contributed by atoms with van der Waals surface area (Å²) < 4.78 is 6.75. The number of aromatic nitrogens is 4. The Balaban J connectivity index is 1.03. The number of benzene rings is 6. The van der Waals surface area contributed by atoms with Crippen LogP contribution >= 0.6 is 0 Å². The van der Waals surface area contributed by atoms with Gasteiger partial charge in [0.1, 0.15) is 11.3 Å². The Bertz CT molecular complexity index is 3250. The number of hydrogen-bond donors (Lipinski definition) is 0. The summed E-state index contributed by atoms with van der Waals surface area (Å²) >= 11 is 0. The first-order chi connectivity index (χ1) is 29.2. The van der Waals surface area contributed by atoms with E-state index in [0.717, 1.165) is 100 Å². The molecule has 59 heavy (non-hydrogen) atoms. The first-order valence-electron chi connectivity index (χ1n) is 19.7. The minimum atomic E-state index is 0.777. The number of rotatable bonds is 7. The highest BCUT2D eigenvalue weighted by atomic mass is 16.3. The molecular formula is C54H34N4O. The summed E-state index contributed by atoms with van der Waals surface area (Å²) in [4.78, 5) is 19.6. The van der Waals surface area contributed by atoms with Gasteiger partial charge in [-0.3, -0.25) is 9.97 Å². The van der Waals surface area contributed by atoms with Gasteiger partial charge in [-0.05, 0) is 105 Å². The molecule has 5 heteroatoms. The lowest BCUT2D eigenvalue weighted by atomic mass is 9.93. The third kappa shape index (κ3) is 6.32. The molecular weight excluding hydrogens is 721 g/mol. The molecule has 6 aromatic carbocycles. The third-order valence-electron chi connectivity index (χ3n) is 11.0. The van der Waals surface area contributed by atoms with Gasteiger partial charge in [0.05, 0.1) is 28.3 Å². The second-order valence-corrected chi connectivity index (χ2v) is 14.6. The molecule has 276 valence electrons. The Kier molecular flexibility index (Phi) is 8.41. The first kappa shape index (κ1) is 34.2. The van der Waals surface area contributed by atoms with E-state index in [0.29, 0.717) is 0 Å². The number of para-hydroxylation sites is 1. The monoisotopic (exact) mass is 754 g/mol. The molecule has 5 heterocycles. The van der Waals surface area contributed by atoms with E-state index in [1.165, 1.54) is 11.1 Å². The van der Waals surface area contributed by atoms with E-state index in [1.54, 1.807) is 12.4 Å². The summed E-state index contributed by atoms with van der Waals surface area (Å²) in [6, 6.07) is 67.2. The van der Waals surface area contributed by atoms with E-state index in [9.17, 15) is 0 Å². The Morgan fingerprint density at radius 2 is 0.898 bits per heavy atom. The third-order valence-corrected chi connectivity index (χ3v) is 11.0. The van der Waals surface area contributed by atoms with E-state index in [1.807, 2.05) is 54.6 Å². The molecule has 0 saturated carbocycles. The van der Waals surface area contributed by atoms with Crippen molar-refractivity contribution in [2.24, 2.45) is 0 Å². The van der Waals surface area contributed by atoms with Crippen LogP contribution in [-0.4, -0.2) is 19.9 Å².